The molecule has 4 nitrogen and oxygen atoms in total. The molecular formula is C9H10BrNO3. The fraction of sp³-hybridized carbons (Fsp3) is 0.222. The van der Waals surface area contributed by atoms with Crippen LogP contribution in [0.3, 0.4) is 0 Å². The molecule has 14 heavy (non-hydrogen) atoms. The molecule has 0 unspecified atom stereocenters. The number of carbonyl (C=O) groups is 1. The molecule has 0 saturated carbocycles. The van der Waals surface area contributed by atoms with Crippen molar-refractivity contribution >= 4 is 21.8 Å². The molecule has 0 N–H and O–H groups in total. The zero-order valence-corrected chi connectivity index (χ0v) is 9.45. The Morgan fingerprint density at radius 1 is 1.21 bits per heavy atom. The van der Waals surface area contributed by atoms with Gasteiger partial charge in [0.1, 0.15) is 0 Å². The van der Waals surface area contributed by atoms with Crippen LogP contribution in [-0.2, 0) is 9.68 Å². The Hall–Kier alpha value is -0.910. The summed E-state index contributed by atoms with van der Waals surface area (Å²) in [4.78, 5) is 21.0. The zero-order valence-electron chi connectivity index (χ0n) is 7.86. The van der Waals surface area contributed by atoms with Crippen molar-refractivity contribution in [1.29, 1.82) is 0 Å². The third-order valence-corrected chi connectivity index (χ3v) is 2.12. The number of carbonyl (C=O) groups excluding carboxylic acids is 1. The highest BCUT2D eigenvalue weighted by atomic mass is 79.9. The Balaban J connectivity index is 2.83. The van der Waals surface area contributed by atoms with Crippen molar-refractivity contribution in [2.75, 3.05) is 14.2 Å². The highest BCUT2D eigenvalue weighted by molar-refractivity contribution is 9.10. The number of hydrogen-bond acceptors (Lipinski definition) is 3. The maximum absolute atomic E-state index is 11.6. The Morgan fingerprint density at radius 2 is 1.71 bits per heavy atom. The monoisotopic (exact) mass is 259 g/mol. The zero-order chi connectivity index (χ0) is 10.6. The van der Waals surface area contributed by atoms with Crippen LogP contribution in [0.25, 0.3) is 0 Å². The van der Waals surface area contributed by atoms with E-state index in [0.717, 1.165) is 9.70 Å². The molecule has 1 amide bonds. The molecule has 1 aromatic rings. The number of nitrogens with zero attached hydrogens (tertiary/aromatic N) is 1. The van der Waals surface area contributed by atoms with Gasteiger partial charge in [-0.15, -0.1) is 0 Å². The van der Waals surface area contributed by atoms with Gasteiger partial charge >= 0.3 is 5.91 Å². The molecule has 76 valence electrons. The van der Waals surface area contributed by atoms with Crippen molar-refractivity contribution < 1.29 is 14.5 Å². The number of hydroxylamine groups is 2. The first kappa shape index (κ1) is 11.2. The summed E-state index contributed by atoms with van der Waals surface area (Å²) in [6.07, 6.45) is 0. The van der Waals surface area contributed by atoms with Crippen molar-refractivity contribution in [2.24, 2.45) is 0 Å². The lowest BCUT2D eigenvalue weighted by Crippen LogP contribution is -2.28. The second-order valence-corrected chi connectivity index (χ2v) is 3.35. The minimum Gasteiger partial charge on any atom is -0.264 e. The van der Waals surface area contributed by atoms with Crippen molar-refractivity contribution in [3.8, 4) is 0 Å². The molecule has 0 aliphatic carbocycles. The summed E-state index contributed by atoms with van der Waals surface area (Å²) in [5.74, 6) is -0.345. The summed E-state index contributed by atoms with van der Waals surface area (Å²) in [6, 6.07) is 6.91. The molecule has 0 radical (unpaired) electrons. The van der Waals surface area contributed by atoms with Gasteiger partial charge in [-0.2, -0.15) is 0 Å². The summed E-state index contributed by atoms with van der Waals surface area (Å²) < 4.78 is 0.912. The highest BCUT2D eigenvalue weighted by Gasteiger charge is 2.14. The van der Waals surface area contributed by atoms with E-state index in [0.29, 0.717) is 5.56 Å². The van der Waals surface area contributed by atoms with Gasteiger partial charge in [-0.05, 0) is 24.3 Å². The minimum absolute atomic E-state index is 0.345. The summed E-state index contributed by atoms with van der Waals surface area (Å²) in [5.41, 5.74) is 0.497. The van der Waals surface area contributed by atoms with Crippen LogP contribution in [0, 0.1) is 0 Å². The average Bonchev–Trinajstić information content (AvgIpc) is 2.20. The SMILES string of the molecule is CON(OC)C(=O)c1ccc(Br)cc1. The Morgan fingerprint density at radius 3 is 2.14 bits per heavy atom. The lowest BCUT2D eigenvalue weighted by Gasteiger charge is -2.15. The molecule has 0 heterocycles. The van der Waals surface area contributed by atoms with Gasteiger partial charge in [0, 0.05) is 10.0 Å². The summed E-state index contributed by atoms with van der Waals surface area (Å²) in [6.45, 7) is 0. The highest BCUT2D eigenvalue weighted by Crippen LogP contribution is 2.12. The van der Waals surface area contributed by atoms with Gasteiger partial charge in [-0.25, -0.2) is 9.68 Å². The van der Waals surface area contributed by atoms with Crippen LogP contribution in [-0.4, -0.2) is 25.4 Å². The van der Waals surface area contributed by atoms with Crippen LogP contribution in [0.5, 0.6) is 0 Å². The maximum Gasteiger partial charge on any atom is 0.303 e. The predicted molar refractivity (Wildman–Crippen MR) is 54.3 cm³/mol. The second kappa shape index (κ2) is 5.09. The third kappa shape index (κ3) is 2.54. The fourth-order valence-corrected chi connectivity index (χ4v) is 1.20. The van der Waals surface area contributed by atoms with Crippen LogP contribution in [0.1, 0.15) is 10.4 Å². The van der Waals surface area contributed by atoms with Crippen LogP contribution in [0.4, 0.5) is 0 Å². The quantitative estimate of drug-likeness (QED) is 0.780. The van der Waals surface area contributed by atoms with Gasteiger partial charge in [0.05, 0.1) is 14.2 Å². The van der Waals surface area contributed by atoms with Crippen LogP contribution < -0.4 is 0 Å². The van der Waals surface area contributed by atoms with Crippen LogP contribution in [0.2, 0.25) is 0 Å². The Bertz CT molecular complexity index is 308. The standard InChI is InChI=1S/C9H10BrNO3/c1-13-11(14-2)9(12)7-3-5-8(10)6-4-7/h3-6H,1-2H3. The molecule has 1 aromatic carbocycles. The first-order valence-electron chi connectivity index (χ1n) is 3.87. The molecule has 0 saturated heterocycles. The first-order chi connectivity index (χ1) is 6.69. The molecule has 0 fully saturated rings. The Labute approximate surface area is 90.5 Å². The van der Waals surface area contributed by atoms with E-state index in [1.807, 2.05) is 0 Å². The van der Waals surface area contributed by atoms with Crippen molar-refractivity contribution in [3.63, 3.8) is 0 Å². The normalized spacial score (nSPS) is 9.93. The molecule has 0 spiro atoms. The molecule has 0 aliphatic heterocycles. The lowest BCUT2D eigenvalue weighted by molar-refractivity contribution is -0.299. The minimum atomic E-state index is -0.345. The van der Waals surface area contributed by atoms with E-state index in [2.05, 4.69) is 15.9 Å². The number of amides is 1. The van der Waals surface area contributed by atoms with E-state index in [4.69, 9.17) is 9.68 Å². The van der Waals surface area contributed by atoms with Gasteiger partial charge in [0.25, 0.3) is 0 Å². The average molecular weight is 260 g/mol. The second-order valence-electron chi connectivity index (χ2n) is 2.43. The first-order valence-corrected chi connectivity index (χ1v) is 4.66. The smallest absolute Gasteiger partial charge is 0.264 e. The number of hydrogen-bond donors (Lipinski definition) is 0. The van der Waals surface area contributed by atoms with Crippen molar-refractivity contribution in [2.45, 2.75) is 0 Å². The van der Waals surface area contributed by atoms with E-state index in [9.17, 15) is 4.79 Å². The Kier molecular flexibility index (Phi) is 4.06. The third-order valence-electron chi connectivity index (χ3n) is 1.59. The topological polar surface area (TPSA) is 38.8 Å². The molecule has 0 aromatic heterocycles. The fourth-order valence-electron chi connectivity index (χ4n) is 0.938. The van der Waals surface area contributed by atoms with E-state index in [-0.39, 0.29) is 5.91 Å². The predicted octanol–water partition coefficient (Wildman–Crippen LogP) is 2.01. The van der Waals surface area contributed by atoms with Gasteiger partial charge in [-0.3, -0.25) is 4.79 Å². The van der Waals surface area contributed by atoms with Crippen LogP contribution in [0.15, 0.2) is 28.7 Å². The van der Waals surface area contributed by atoms with Crippen molar-refractivity contribution in [3.05, 3.63) is 34.3 Å². The molecule has 0 aliphatic rings. The number of benzene rings is 1. The summed E-state index contributed by atoms with van der Waals surface area (Å²) >= 11 is 3.28. The van der Waals surface area contributed by atoms with Crippen molar-refractivity contribution in [1.82, 2.24) is 5.23 Å². The lowest BCUT2D eigenvalue weighted by atomic mass is 10.2. The van der Waals surface area contributed by atoms with Gasteiger partial charge in [-0.1, -0.05) is 21.2 Å². The molecular weight excluding hydrogens is 250 g/mol. The van der Waals surface area contributed by atoms with E-state index in [1.165, 1.54) is 14.2 Å². The number of rotatable bonds is 3. The summed E-state index contributed by atoms with van der Waals surface area (Å²) in [7, 11) is 2.72. The maximum atomic E-state index is 11.6. The van der Waals surface area contributed by atoms with Gasteiger partial charge in [0.2, 0.25) is 0 Å². The van der Waals surface area contributed by atoms with E-state index < -0.39 is 0 Å². The van der Waals surface area contributed by atoms with E-state index >= 15 is 0 Å². The molecule has 5 heteroatoms. The van der Waals surface area contributed by atoms with Crippen LogP contribution >= 0.6 is 15.9 Å². The van der Waals surface area contributed by atoms with Gasteiger partial charge in [0.15, 0.2) is 0 Å². The molecule has 0 atom stereocenters. The molecule has 0 bridgehead atoms. The number of halogens is 1. The molecule has 1 rings (SSSR count). The van der Waals surface area contributed by atoms with E-state index in [1.54, 1.807) is 24.3 Å². The largest absolute Gasteiger partial charge is 0.303 e. The summed E-state index contributed by atoms with van der Waals surface area (Å²) in [5, 5.41) is 0.809. The van der Waals surface area contributed by atoms with Gasteiger partial charge < -0.3 is 0 Å².